The first-order chi connectivity index (χ1) is 11.5. The third kappa shape index (κ3) is 4.71. The molecule has 1 saturated heterocycles. The summed E-state index contributed by atoms with van der Waals surface area (Å²) in [6, 6.07) is 3.36. The number of carbonyl (C=O) groups excluding carboxylic acids is 1. The molecule has 0 bridgehead atoms. The van der Waals surface area contributed by atoms with Gasteiger partial charge in [-0.15, -0.1) is 0 Å². The lowest BCUT2D eigenvalue weighted by Crippen LogP contribution is -2.51. The van der Waals surface area contributed by atoms with Gasteiger partial charge in [-0.05, 0) is 25.1 Å². The van der Waals surface area contributed by atoms with Crippen LogP contribution in [0.25, 0.3) is 0 Å². The van der Waals surface area contributed by atoms with Crippen molar-refractivity contribution in [3.63, 3.8) is 0 Å². The largest absolute Gasteiger partial charge is 0.416 e. The Labute approximate surface area is 144 Å². The standard InChI is InChI=1S/C15H20F3N3O3S/c1-11(19)9-14(22)20-5-7-21(8-6-20)25(23,24)13-4-2-3-12(10-13)15(16,17)18/h2-4,10-11H,5-9,19H2,1H3. The average Bonchev–Trinajstić information content (AvgIpc) is 2.53. The van der Waals surface area contributed by atoms with Crippen LogP contribution < -0.4 is 5.73 Å². The van der Waals surface area contributed by atoms with Crippen molar-refractivity contribution < 1.29 is 26.4 Å². The highest BCUT2D eigenvalue weighted by Crippen LogP contribution is 2.31. The van der Waals surface area contributed by atoms with Gasteiger partial charge < -0.3 is 10.6 Å². The Morgan fingerprint density at radius 2 is 1.84 bits per heavy atom. The van der Waals surface area contributed by atoms with Crippen molar-refractivity contribution in [1.29, 1.82) is 0 Å². The van der Waals surface area contributed by atoms with Gasteiger partial charge in [-0.25, -0.2) is 8.42 Å². The Bertz CT molecular complexity index is 727. The van der Waals surface area contributed by atoms with E-state index < -0.39 is 26.7 Å². The summed E-state index contributed by atoms with van der Waals surface area (Å²) in [5.74, 6) is -0.161. The van der Waals surface area contributed by atoms with Crippen molar-refractivity contribution in [2.24, 2.45) is 5.73 Å². The predicted molar refractivity (Wildman–Crippen MR) is 85.0 cm³/mol. The Kier molecular flexibility index (Phi) is 5.75. The number of nitrogens with zero attached hydrogens (tertiary/aromatic N) is 2. The second-order valence-electron chi connectivity index (χ2n) is 5.99. The molecule has 1 aliphatic rings. The molecule has 1 fully saturated rings. The van der Waals surface area contributed by atoms with Gasteiger partial charge >= 0.3 is 6.18 Å². The van der Waals surface area contributed by atoms with E-state index in [2.05, 4.69) is 0 Å². The molecule has 2 rings (SSSR count). The third-order valence-electron chi connectivity index (χ3n) is 3.89. The molecule has 25 heavy (non-hydrogen) atoms. The minimum Gasteiger partial charge on any atom is -0.340 e. The Morgan fingerprint density at radius 1 is 1.24 bits per heavy atom. The van der Waals surface area contributed by atoms with Crippen molar-refractivity contribution in [2.75, 3.05) is 26.2 Å². The van der Waals surface area contributed by atoms with Crippen LogP contribution in [0.1, 0.15) is 18.9 Å². The summed E-state index contributed by atoms with van der Waals surface area (Å²) >= 11 is 0. The predicted octanol–water partition coefficient (Wildman–Crippen LogP) is 1.28. The molecule has 1 aromatic carbocycles. The normalized spacial score (nSPS) is 18.2. The van der Waals surface area contributed by atoms with Crippen LogP contribution in [0.3, 0.4) is 0 Å². The lowest BCUT2D eigenvalue weighted by molar-refractivity contribution is -0.137. The lowest BCUT2D eigenvalue weighted by atomic mass is 10.2. The van der Waals surface area contributed by atoms with E-state index >= 15 is 0 Å². The summed E-state index contributed by atoms with van der Waals surface area (Å²) in [5, 5.41) is 0. The monoisotopic (exact) mass is 379 g/mol. The maximum absolute atomic E-state index is 12.8. The molecule has 6 nitrogen and oxygen atoms in total. The Hall–Kier alpha value is -1.65. The summed E-state index contributed by atoms with van der Waals surface area (Å²) < 4.78 is 64.5. The highest BCUT2D eigenvalue weighted by molar-refractivity contribution is 7.89. The van der Waals surface area contributed by atoms with Gasteiger partial charge in [0.2, 0.25) is 15.9 Å². The quantitative estimate of drug-likeness (QED) is 0.854. The lowest BCUT2D eigenvalue weighted by Gasteiger charge is -2.34. The van der Waals surface area contributed by atoms with Gasteiger partial charge in [-0.3, -0.25) is 4.79 Å². The number of nitrogens with two attached hydrogens (primary N) is 1. The van der Waals surface area contributed by atoms with E-state index in [1.54, 1.807) is 6.92 Å². The molecule has 0 radical (unpaired) electrons. The first-order valence-electron chi connectivity index (χ1n) is 7.72. The third-order valence-corrected chi connectivity index (χ3v) is 5.78. The summed E-state index contributed by atoms with van der Waals surface area (Å²) in [7, 11) is -4.05. The van der Waals surface area contributed by atoms with Gasteiger partial charge in [0.1, 0.15) is 0 Å². The van der Waals surface area contributed by atoms with Crippen LogP contribution in [-0.4, -0.2) is 55.8 Å². The van der Waals surface area contributed by atoms with E-state index in [0.717, 1.165) is 22.5 Å². The zero-order valence-electron chi connectivity index (χ0n) is 13.7. The van der Waals surface area contributed by atoms with Crippen LogP contribution in [0.4, 0.5) is 13.2 Å². The van der Waals surface area contributed by atoms with Crippen molar-refractivity contribution >= 4 is 15.9 Å². The number of carbonyl (C=O) groups is 1. The molecule has 10 heteroatoms. The highest BCUT2D eigenvalue weighted by atomic mass is 32.2. The Balaban J connectivity index is 2.11. The summed E-state index contributed by atoms with van der Waals surface area (Å²) in [5.41, 5.74) is 4.56. The molecular weight excluding hydrogens is 359 g/mol. The minimum absolute atomic E-state index is 0.0310. The molecule has 1 heterocycles. The van der Waals surface area contributed by atoms with E-state index in [9.17, 15) is 26.4 Å². The topological polar surface area (TPSA) is 83.7 Å². The van der Waals surface area contributed by atoms with Gasteiger partial charge in [0.25, 0.3) is 0 Å². The fraction of sp³-hybridized carbons (Fsp3) is 0.533. The van der Waals surface area contributed by atoms with Crippen LogP contribution in [0.2, 0.25) is 0 Å². The molecule has 1 unspecified atom stereocenters. The van der Waals surface area contributed by atoms with Crippen molar-refractivity contribution in [3.05, 3.63) is 29.8 Å². The zero-order chi connectivity index (χ0) is 18.8. The van der Waals surface area contributed by atoms with Crippen LogP contribution in [-0.2, 0) is 21.0 Å². The average molecular weight is 379 g/mol. The number of amides is 1. The summed E-state index contributed by atoms with van der Waals surface area (Å²) in [4.78, 5) is 13.1. The molecule has 1 aliphatic heterocycles. The number of alkyl halides is 3. The number of halogens is 3. The second kappa shape index (κ2) is 7.30. The van der Waals surface area contributed by atoms with Gasteiger partial charge in [0.15, 0.2) is 0 Å². The molecule has 0 saturated carbocycles. The van der Waals surface area contributed by atoms with Crippen molar-refractivity contribution in [1.82, 2.24) is 9.21 Å². The van der Waals surface area contributed by atoms with E-state index in [1.165, 1.54) is 4.90 Å². The number of piperazine rings is 1. The van der Waals surface area contributed by atoms with Gasteiger partial charge in [0.05, 0.1) is 10.5 Å². The van der Waals surface area contributed by atoms with Crippen LogP contribution in [0, 0.1) is 0 Å². The van der Waals surface area contributed by atoms with E-state index in [-0.39, 0.29) is 44.5 Å². The molecule has 2 N–H and O–H groups in total. The first-order valence-corrected chi connectivity index (χ1v) is 9.16. The van der Waals surface area contributed by atoms with Crippen LogP contribution >= 0.6 is 0 Å². The summed E-state index contributed by atoms with van der Waals surface area (Å²) in [6.07, 6.45) is -4.45. The second-order valence-corrected chi connectivity index (χ2v) is 7.93. The summed E-state index contributed by atoms with van der Waals surface area (Å²) in [6.45, 7) is 2.13. The van der Waals surface area contributed by atoms with Crippen LogP contribution in [0.15, 0.2) is 29.2 Å². The number of benzene rings is 1. The number of sulfonamides is 1. The zero-order valence-corrected chi connectivity index (χ0v) is 14.5. The molecule has 0 spiro atoms. The smallest absolute Gasteiger partial charge is 0.340 e. The first kappa shape index (κ1) is 19.7. The molecule has 1 amide bonds. The number of rotatable bonds is 4. The van der Waals surface area contributed by atoms with E-state index in [1.807, 2.05) is 0 Å². The maximum Gasteiger partial charge on any atom is 0.416 e. The molecule has 1 atom stereocenters. The molecule has 0 aromatic heterocycles. The van der Waals surface area contributed by atoms with E-state index in [0.29, 0.717) is 6.07 Å². The molecule has 0 aliphatic carbocycles. The SMILES string of the molecule is CC(N)CC(=O)N1CCN(S(=O)(=O)c2cccc(C(F)(F)F)c2)CC1. The fourth-order valence-electron chi connectivity index (χ4n) is 2.56. The van der Waals surface area contributed by atoms with Gasteiger partial charge in [0, 0.05) is 38.6 Å². The highest BCUT2D eigenvalue weighted by Gasteiger charge is 2.34. The van der Waals surface area contributed by atoms with Crippen molar-refractivity contribution in [3.8, 4) is 0 Å². The van der Waals surface area contributed by atoms with Crippen LogP contribution in [0.5, 0.6) is 0 Å². The van der Waals surface area contributed by atoms with Gasteiger partial charge in [-0.2, -0.15) is 17.5 Å². The number of hydrogen-bond donors (Lipinski definition) is 1. The molecule has 1 aromatic rings. The molecule has 140 valence electrons. The number of hydrogen-bond acceptors (Lipinski definition) is 4. The fourth-order valence-corrected chi connectivity index (χ4v) is 4.03. The van der Waals surface area contributed by atoms with E-state index in [4.69, 9.17) is 5.73 Å². The Morgan fingerprint density at radius 3 is 2.36 bits per heavy atom. The van der Waals surface area contributed by atoms with Crippen molar-refractivity contribution in [2.45, 2.75) is 30.5 Å². The minimum atomic E-state index is -4.62. The molecular formula is C15H20F3N3O3S. The van der Waals surface area contributed by atoms with Gasteiger partial charge in [-0.1, -0.05) is 6.07 Å². The maximum atomic E-state index is 12.8.